The summed E-state index contributed by atoms with van der Waals surface area (Å²) in [6, 6.07) is 5.56. The van der Waals surface area contributed by atoms with Crippen molar-refractivity contribution in [3.8, 4) is 5.75 Å². The van der Waals surface area contributed by atoms with Crippen molar-refractivity contribution in [1.82, 2.24) is 20.1 Å². The fourth-order valence-corrected chi connectivity index (χ4v) is 2.32. The molecule has 7 nitrogen and oxygen atoms in total. The molecule has 0 aliphatic carbocycles. The number of halogens is 2. The van der Waals surface area contributed by atoms with Crippen LogP contribution in [0.3, 0.4) is 0 Å². The largest absolute Gasteiger partial charge is 0.482 e. The maximum atomic E-state index is 13.0. The lowest BCUT2D eigenvalue weighted by Crippen LogP contribution is -2.26. The molecule has 0 unspecified atom stereocenters. The zero-order chi connectivity index (χ0) is 17.8. The van der Waals surface area contributed by atoms with Crippen molar-refractivity contribution in [1.29, 1.82) is 0 Å². The van der Waals surface area contributed by atoms with Gasteiger partial charge in [0.15, 0.2) is 12.3 Å². The van der Waals surface area contributed by atoms with E-state index in [1.807, 2.05) is 0 Å². The number of hydrogen-bond donors (Lipinski definition) is 1. The van der Waals surface area contributed by atoms with Gasteiger partial charge in [-0.3, -0.25) is 9.89 Å². The molecule has 2 aromatic heterocycles. The number of rotatable bonds is 6. The van der Waals surface area contributed by atoms with Crippen molar-refractivity contribution in [2.75, 3.05) is 7.05 Å². The van der Waals surface area contributed by atoms with Crippen LogP contribution in [0, 0.1) is 5.82 Å². The molecule has 2 heterocycles. The summed E-state index contributed by atoms with van der Waals surface area (Å²) in [6.45, 7) is 0.325. The van der Waals surface area contributed by atoms with E-state index in [4.69, 9.17) is 20.8 Å². The molecule has 0 saturated heterocycles. The van der Waals surface area contributed by atoms with Crippen molar-refractivity contribution in [2.45, 2.75) is 13.2 Å². The quantitative estimate of drug-likeness (QED) is 0.726. The Morgan fingerprint density at radius 3 is 3.00 bits per heavy atom. The summed E-state index contributed by atoms with van der Waals surface area (Å²) >= 11 is 5.88. The number of benzene rings is 1. The minimum Gasteiger partial charge on any atom is -0.482 e. The SMILES string of the molecule is CN(Cc1ccn[nH]1)C(=O)c1coc(COc2ccc(F)cc2Cl)n1. The van der Waals surface area contributed by atoms with Crippen molar-refractivity contribution in [3.05, 3.63) is 64.8 Å². The van der Waals surface area contributed by atoms with Gasteiger partial charge in [-0.25, -0.2) is 9.37 Å². The lowest BCUT2D eigenvalue weighted by molar-refractivity contribution is 0.0777. The highest BCUT2D eigenvalue weighted by Gasteiger charge is 2.17. The predicted octanol–water partition coefficient (Wildman–Crippen LogP) is 3.04. The summed E-state index contributed by atoms with van der Waals surface area (Å²) in [7, 11) is 1.65. The summed E-state index contributed by atoms with van der Waals surface area (Å²) in [5.41, 5.74) is 0.958. The van der Waals surface area contributed by atoms with E-state index in [9.17, 15) is 9.18 Å². The summed E-state index contributed by atoms with van der Waals surface area (Å²) < 4.78 is 23.7. The van der Waals surface area contributed by atoms with Gasteiger partial charge in [0.1, 0.15) is 17.8 Å². The Bertz CT molecular complexity index is 866. The molecule has 130 valence electrons. The molecule has 25 heavy (non-hydrogen) atoms. The molecule has 9 heteroatoms. The van der Waals surface area contributed by atoms with Gasteiger partial charge in [-0.15, -0.1) is 0 Å². The third kappa shape index (κ3) is 4.16. The third-order valence-corrected chi connectivity index (χ3v) is 3.62. The van der Waals surface area contributed by atoms with Crippen LogP contribution in [0.5, 0.6) is 5.75 Å². The molecule has 0 spiro atoms. The molecule has 3 rings (SSSR count). The molecule has 0 saturated carbocycles. The number of aromatic nitrogens is 3. The minimum atomic E-state index is -0.457. The Labute approximate surface area is 147 Å². The first-order valence-electron chi connectivity index (χ1n) is 7.29. The van der Waals surface area contributed by atoms with Crippen LogP contribution in [0.25, 0.3) is 0 Å². The molecular weight excluding hydrogens is 351 g/mol. The second-order valence-corrected chi connectivity index (χ2v) is 5.64. The number of H-pyrrole nitrogens is 1. The monoisotopic (exact) mass is 364 g/mol. The molecule has 0 radical (unpaired) electrons. The standard InChI is InChI=1S/C16H14ClFN4O3/c1-22(7-11-4-5-19-21-11)16(23)13-8-25-15(20-13)9-24-14-3-2-10(18)6-12(14)17/h2-6,8H,7,9H2,1H3,(H,19,21). The van der Waals surface area contributed by atoms with E-state index in [0.29, 0.717) is 12.3 Å². The zero-order valence-corrected chi connectivity index (χ0v) is 14.0. The topological polar surface area (TPSA) is 84.2 Å². The summed E-state index contributed by atoms with van der Waals surface area (Å²) in [6.07, 6.45) is 2.87. The molecule has 1 amide bonds. The summed E-state index contributed by atoms with van der Waals surface area (Å²) in [4.78, 5) is 17.9. The zero-order valence-electron chi connectivity index (χ0n) is 13.2. The van der Waals surface area contributed by atoms with E-state index in [1.54, 1.807) is 19.3 Å². The molecule has 1 N–H and O–H groups in total. The van der Waals surface area contributed by atoms with Crippen LogP contribution in [-0.2, 0) is 13.2 Å². The number of aromatic amines is 1. The van der Waals surface area contributed by atoms with E-state index in [2.05, 4.69) is 15.2 Å². The average Bonchev–Trinajstić information content (AvgIpc) is 3.25. The minimum absolute atomic E-state index is 0.0388. The molecule has 1 aromatic carbocycles. The van der Waals surface area contributed by atoms with Crippen molar-refractivity contribution in [3.63, 3.8) is 0 Å². The Balaban J connectivity index is 1.60. The Kier molecular flexibility index (Phi) is 4.99. The highest BCUT2D eigenvalue weighted by molar-refractivity contribution is 6.32. The molecule has 0 aliphatic rings. The lowest BCUT2D eigenvalue weighted by Gasteiger charge is -2.13. The van der Waals surface area contributed by atoms with Crippen molar-refractivity contribution >= 4 is 17.5 Å². The van der Waals surface area contributed by atoms with Gasteiger partial charge in [-0.2, -0.15) is 5.10 Å². The van der Waals surface area contributed by atoms with E-state index in [0.717, 1.165) is 11.8 Å². The van der Waals surface area contributed by atoms with Crippen LogP contribution in [0.15, 0.2) is 41.1 Å². The maximum Gasteiger partial charge on any atom is 0.275 e. The summed E-state index contributed by atoms with van der Waals surface area (Å²) in [5, 5.41) is 6.75. The number of amides is 1. The number of ether oxygens (including phenoxy) is 1. The van der Waals surface area contributed by atoms with Crippen LogP contribution < -0.4 is 4.74 Å². The number of nitrogens with one attached hydrogen (secondary N) is 1. The normalized spacial score (nSPS) is 10.7. The second-order valence-electron chi connectivity index (χ2n) is 5.23. The highest BCUT2D eigenvalue weighted by Crippen LogP contribution is 2.25. The van der Waals surface area contributed by atoms with Gasteiger partial charge in [0, 0.05) is 13.2 Å². The summed E-state index contributed by atoms with van der Waals surface area (Å²) in [5.74, 6) is -0.254. The number of oxazole rings is 1. The average molecular weight is 365 g/mol. The molecule has 0 atom stereocenters. The van der Waals surface area contributed by atoms with E-state index < -0.39 is 5.82 Å². The fourth-order valence-electron chi connectivity index (χ4n) is 2.10. The molecule has 3 aromatic rings. The predicted molar refractivity (Wildman–Crippen MR) is 86.6 cm³/mol. The fraction of sp³-hybridized carbons (Fsp3) is 0.188. The second kappa shape index (κ2) is 7.35. The van der Waals surface area contributed by atoms with Gasteiger partial charge in [0.05, 0.1) is 17.3 Å². The lowest BCUT2D eigenvalue weighted by atomic mass is 10.3. The van der Waals surface area contributed by atoms with Gasteiger partial charge in [-0.05, 0) is 24.3 Å². The smallest absolute Gasteiger partial charge is 0.275 e. The van der Waals surface area contributed by atoms with E-state index >= 15 is 0 Å². The first-order valence-corrected chi connectivity index (χ1v) is 7.66. The first kappa shape index (κ1) is 17.0. The van der Waals surface area contributed by atoms with Crippen molar-refractivity contribution in [2.24, 2.45) is 0 Å². The maximum absolute atomic E-state index is 13.0. The van der Waals surface area contributed by atoms with Gasteiger partial charge in [-0.1, -0.05) is 11.6 Å². The molecule has 0 fully saturated rings. The van der Waals surface area contributed by atoms with Crippen LogP contribution >= 0.6 is 11.6 Å². The van der Waals surface area contributed by atoms with Crippen LogP contribution in [-0.4, -0.2) is 33.0 Å². The van der Waals surface area contributed by atoms with E-state index in [1.165, 1.54) is 23.3 Å². The van der Waals surface area contributed by atoms with Crippen LogP contribution in [0.4, 0.5) is 4.39 Å². The van der Waals surface area contributed by atoms with Crippen molar-refractivity contribution < 1.29 is 18.3 Å². The Morgan fingerprint density at radius 2 is 2.28 bits per heavy atom. The first-order chi connectivity index (χ1) is 12.0. The molecule has 0 bridgehead atoms. The number of carbonyl (C=O) groups is 1. The van der Waals surface area contributed by atoms with E-state index in [-0.39, 0.29) is 29.1 Å². The Morgan fingerprint density at radius 1 is 1.44 bits per heavy atom. The van der Waals surface area contributed by atoms with Crippen LogP contribution in [0.2, 0.25) is 5.02 Å². The van der Waals surface area contributed by atoms with Gasteiger partial charge < -0.3 is 14.1 Å². The number of carbonyl (C=O) groups excluding carboxylic acids is 1. The Hall–Kier alpha value is -2.87. The van der Waals surface area contributed by atoms with Gasteiger partial charge >= 0.3 is 0 Å². The van der Waals surface area contributed by atoms with Gasteiger partial charge in [0.25, 0.3) is 5.91 Å². The third-order valence-electron chi connectivity index (χ3n) is 3.33. The number of nitrogens with zero attached hydrogens (tertiary/aromatic N) is 3. The highest BCUT2D eigenvalue weighted by atomic mass is 35.5. The molecule has 0 aliphatic heterocycles. The number of hydrogen-bond acceptors (Lipinski definition) is 5. The van der Waals surface area contributed by atoms with Crippen LogP contribution in [0.1, 0.15) is 22.1 Å². The molecular formula is C16H14ClFN4O3. The van der Waals surface area contributed by atoms with Gasteiger partial charge in [0.2, 0.25) is 5.89 Å².